The van der Waals surface area contributed by atoms with Crippen LogP contribution in [0.25, 0.3) is 22.5 Å². The van der Waals surface area contributed by atoms with Crippen LogP contribution in [0.2, 0.25) is 0 Å². The maximum atomic E-state index is 11.0. The highest BCUT2D eigenvalue weighted by molar-refractivity contribution is 5.97. The van der Waals surface area contributed by atoms with E-state index >= 15 is 0 Å². The maximum absolute atomic E-state index is 11.0. The molecule has 0 amide bonds. The standard InChI is InChI=1S/C15H11NO3/c17-14-10-6-7-12(9-4-2-1-3-5-9)16-13(10)8-11(14)15(18)19/h1-8,16-17H,(H,18,19). The minimum atomic E-state index is -1.14. The minimum Gasteiger partial charge on any atom is -0.506 e. The van der Waals surface area contributed by atoms with Crippen molar-refractivity contribution in [3.63, 3.8) is 0 Å². The molecule has 4 nitrogen and oxygen atoms in total. The van der Waals surface area contributed by atoms with E-state index in [1.54, 1.807) is 6.07 Å². The molecule has 3 N–H and O–H groups in total. The lowest BCUT2D eigenvalue weighted by molar-refractivity contribution is 0.0694. The number of carboxylic acids is 1. The molecule has 4 heteroatoms. The smallest absolute Gasteiger partial charge is 0.339 e. The fourth-order valence-electron chi connectivity index (χ4n) is 2.14. The van der Waals surface area contributed by atoms with Gasteiger partial charge in [0.15, 0.2) is 0 Å². The lowest BCUT2D eigenvalue weighted by Crippen LogP contribution is -1.92. The van der Waals surface area contributed by atoms with Gasteiger partial charge in [0.1, 0.15) is 11.3 Å². The first-order valence-electron chi connectivity index (χ1n) is 5.80. The Morgan fingerprint density at radius 2 is 1.74 bits per heavy atom. The van der Waals surface area contributed by atoms with Gasteiger partial charge in [0.25, 0.3) is 0 Å². The SMILES string of the molecule is O=C(O)c1cc2[nH]c(-c3ccccc3)ccc-2c1O. The van der Waals surface area contributed by atoms with Crippen LogP contribution in [0.1, 0.15) is 10.4 Å². The zero-order valence-electron chi connectivity index (χ0n) is 9.92. The Hall–Kier alpha value is -2.75. The minimum absolute atomic E-state index is 0.0866. The van der Waals surface area contributed by atoms with Gasteiger partial charge in [-0.25, -0.2) is 4.79 Å². The van der Waals surface area contributed by atoms with Gasteiger partial charge in [-0.3, -0.25) is 0 Å². The van der Waals surface area contributed by atoms with Gasteiger partial charge in [-0.2, -0.15) is 0 Å². The van der Waals surface area contributed by atoms with E-state index in [1.807, 2.05) is 36.4 Å². The van der Waals surface area contributed by atoms with Crippen LogP contribution < -0.4 is 0 Å². The number of hydrogen-bond donors (Lipinski definition) is 3. The van der Waals surface area contributed by atoms with Gasteiger partial charge in [-0.1, -0.05) is 30.3 Å². The number of aromatic nitrogens is 1. The fraction of sp³-hybridized carbons (Fsp3) is 0. The molecular weight excluding hydrogens is 242 g/mol. The van der Waals surface area contributed by atoms with E-state index in [0.29, 0.717) is 11.3 Å². The van der Waals surface area contributed by atoms with Crippen LogP contribution in [0.4, 0.5) is 0 Å². The topological polar surface area (TPSA) is 73.3 Å². The van der Waals surface area contributed by atoms with Gasteiger partial charge in [0.2, 0.25) is 0 Å². The molecule has 0 saturated heterocycles. The third-order valence-electron chi connectivity index (χ3n) is 3.09. The number of hydrogen-bond acceptors (Lipinski definition) is 2. The first-order valence-corrected chi connectivity index (χ1v) is 5.80. The van der Waals surface area contributed by atoms with E-state index in [9.17, 15) is 9.90 Å². The van der Waals surface area contributed by atoms with Gasteiger partial charge < -0.3 is 15.2 Å². The van der Waals surface area contributed by atoms with Crippen LogP contribution in [0.5, 0.6) is 5.75 Å². The fourth-order valence-corrected chi connectivity index (χ4v) is 2.14. The molecule has 1 aliphatic heterocycles. The number of carboxylic acid groups (broad SMARTS) is 1. The van der Waals surface area contributed by atoms with Crippen molar-refractivity contribution >= 4 is 5.97 Å². The maximum Gasteiger partial charge on any atom is 0.339 e. The zero-order valence-corrected chi connectivity index (χ0v) is 9.92. The Bertz CT molecular complexity index is 716. The molecule has 3 rings (SSSR count). The Kier molecular flexibility index (Phi) is 2.49. The molecule has 0 bridgehead atoms. The summed E-state index contributed by atoms with van der Waals surface area (Å²) in [5.41, 5.74) is 2.90. The van der Waals surface area contributed by atoms with E-state index in [4.69, 9.17) is 5.11 Å². The Labute approximate surface area is 109 Å². The van der Waals surface area contributed by atoms with Crippen molar-refractivity contribution < 1.29 is 15.0 Å². The van der Waals surface area contributed by atoms with Crippen LogP contribution in [0.15, 0.2) is 48.5 Å². The van der Waals surface area contributed by atoms with E-state index in [2.05, 4.69) is 4.98 Å². The number of aromatic carboxylic acids is 1. The van der Waals surface area contributed by atoms with Crippen molar-refractivity contribution in [1.82, 2.24) is 4.98 Å². The number of H-pyrrole nitrogens is 1. The second-order valence-corrected chi connectivity index (χ2v) is 4.28. The summed E-state index contributed by atoms with van der Waals surface area (Å²) >= 11 is 0. The summed E-state index contributed by atoms with van der Waals surface area (Å²) in [6.07, 6.45) is 0. The van der Waals surface area contributed by atoms with E-state index in [0.717, 1.165) is 11.3 Å². The lowest BCUT2D eigenvalue weighted by Gasteiger charge is -2.06. The number of aromatic hydroxyl groups is 1. The van der Waals surface area contributed by atoms with E-state index in [1.165, 1.54) is 6.07 Å². The first kappa shape index (κ1) is 11.3. The summed E-state index contributed by atoms with van der Waals surface area (Å²) in [6, 6.07) is 14.7. The highest BCUT2D eigenvalue weighted by Gasteiger charge is 2.20. The summed E-state index contributed by atoms with van der Waals surface area (Å²) in [4.78, 5) is 14.1. The van der Waals surface area contributed by atoms with Gasteiger partial charge in [-0.15, -0.1) is 0 Å². The van der Waals surface area contributed by atoms with Crippen molar-refractivity contribution in [3.8, 4) is 28.3 Å². The molecule has 1 heterocycles. The molecule has 1 aromatic carbocycles. The van der Waals surface area contributed by atoms with Gasteiger partial charge in [0.05, 0.1) is 5.69 Å². The van der Waals surface area contributed by atoms with Gasteiger partial charge in [0, 0.05) is 11.3 Å². The summed E-state index contributed by atoms with van der Waals surface area (Å²) in [5.74, 6) is -1.33. The molecule has 0 saturated carbocycles. The predicted molar refractivity (Wildman–Crippen MR) is 71.5 cm³/mol. The largest absolute Gasteiger partial charge is 0.506 e. The molecule has 2 aliphatic rings. The van der Waals surface area contributed by atoms with E-state index < -0.39 is 5.97 Å². The van der Waals surface area contributed by atoms with Gasteiger partial charge in [-0.05, 0) is 23.8 Å². The Balaban J connectivity index is 2.17. The highest BCUT2D eigenvalue weighted by Crippen LogP contribution is 2.37. The van der Waals surface area contributed by atoms with Crippen molar-refractivity contribution in [1.29, 1.82) is 0 Å². The monoisotopic (exact) mass is 253 g/mol. The highest BCUT2D eigenvalue weighted by atomic mass is 16.4. The summed E-state index contributed by atoms with van der Waals surface area (Å²) in [6.45, 7) is 0. The molecule has 1 aliphatic carbocycles. The number of benzene rings is 1. The molecule has 0 unspecified atom stereocenters. The van der Waals surface area contributed by atoms with Crippen LogP contribution in [0.3, 0.4) is 0 Å². The molecule has 19 heavy (non-hydrogen) atoms. The Morgan fingerprint density at radius 3 is 2.42 bits per heavy atom. The number of rotatable bonds is 2. The van der Waals surface area contributed by atoms with Crippen molar-refractivity contribution in [2.75, 3.05) is 0 Å². The van der Waals surface area contributed by atoms with Crippen LogP contribution >= 0.6 is 0 Å². The summed E-state index contributed by atoms with van der Waals surface area (Å²) in [7, 11) is 0. The van der Waals surface area contributed by atoms with Crippen LogP contribution in [-0.4, -0.2) is 21.2 Å². The lowest BCUT2D eigenvalue weighted by atomic mass is 10.1. The quantitative estimate of drug-likeness (QED) is 0.656. The number of aromatic amines is 1. The first-order chi connectivity index (χ1) is 9.16. The Morgan fingerprint density at radius 1 is 1.00 bits per heavy atom. The van der Waals surface area contributed by atoms with Crippen LogP contribution in [-0.2, 0) is 0 Å². The molecule has 0 aromatic heterocycles. The second-order valence-electron chi connectivity index (χ2n) is 4.28. The summed E-state index contributed by atoms with van der Waals surface area (Å²) < 4.78 is 0. The molecule has 94 valence electrons. The number of carbonyl (C=O) groups is 1. The third-order valence-corrected chi connectivity index (χ3v) is 3.09. The second kappa shape index (κ2) is 4.17. The number of pyridine rings is 1. The zero-order chi connectivity index (χ0) is 13.4. The number of fused-ring (bicyclic) bond motifs is 1. The van der Waals surface area contributed by atoms with E-state index in [-0.39, 0.29) is 11.3 Å². The third kappa shape index (κ3) is 1.83. The molecular formula is C15H11NO3. The summed E-state index contributed by atoms with van der Waals surface area (Å²) in [5, 5.41) is 18.8. The molecule has 0 spiro atoms. The molecule has 1 aromatic rings. The van der Waals surface area contributed by atoms with Crippen molar-refractivity contribution in [3.05, 3.63) is 54.1 Å². The number of nitrogens with one attached hydrogen (secondary N) is 1. The molecule has 0 atom stereocenters. The van der Waals surface area contributed by atoms with Crippen molar-refractivity contribution in [2.24, 2.45) is 0 Å². The van der Waals surface area contributed by atoms with Crippen molar-refractivity contribution in [2.45, 2.75) is 0 Å². The molecule has 0 radical (unpaired) electrons. The predicted octanol–water partition coefficient (Wildman–Crippen LogP) is 3.19. The van der Waals surface area contributed by atoms with Gasteiger partial charge >= 0.3 is 5.97 Å². The molecule has 0 fully saturated rings. The average Bonchev–Trinajstić information content (AvgIpc) is 2.77. The normalized spacial score (nSPS) is 10.7. The average molecular weight is 253 g/mol. The van der Waals surface area contributed by atoms with Crippen LogP contribution in [0, 0.1) is 0 Å².